The number of halogens is 1. The summed E-state index contributed by atoms with van der Waals surface area (Å²) in [6.45, 7) is 6.69. The molecule has 136 valence electrons. The smallest absolute Gasteiger partial charge is 0.170 e. The number of aryl methyl sites for hydroxylation is 1. The summed E-state index contributed by atoms with van der Waals surface area (Å²) < 4.78 is 17.3. The van der Waals surface area contributed by atoms with Crippen LogP contribution in [0.2, 0.25) is 0 Å². The number of rotatable bonds is 3. The van der Waals surface area contributed by atoms with Gasteiger partial charge in [0.15, 0.2) is 5.50 Å². The van der Waals surface area contributed by atoms with Gasteiger partial charge in [0.05, 0.1) is 5.56 Å². The third kappa shape index (κ3) is 3.86. The summed E-state index contributed by atoms with van der Waals surface area (Å²) in [6, 6.07) is 5.93. The van der Waals surface area contributed by atoms with Crippen LogP contribution >= 0.6 is 11.9 Å². The van der Waals surface area contributed by atoms with Gasteiger partial charge in [-0.05, 0) is 69.8 Å². The number of hydrogen-bond acceptors (Lipinski definition) is 5. The van der Waals surface area contributed by atoms with Crippen molar-refractivity contribution in [3.8, 4) is 0 Å². The molecule has 25 heavy (non-hydrogen) atoms. The summed E-state index contributed by atoms with van der Waals surface area (Å²) in [5.74, 6) is 0.469. The highest BCUT2D eigenvalue weighted by Gasteiger charge is 2.32. The van der Waals surface area contributed by atoms with Crippen molar-refractivity contribution in [2.75, 3.05) is 26.2 Å². The van der Waals surface area contributed by atoms with Gasteiger partial charge in [-0.15, -0.1) is 0 Å². The van der Waals surface area contributed by atoms with E-state index in [1.807, 2.05) is 13.0 Å². The van der Waals surface area contributed by atoms with Gasteiger partial charge in [-0.25, -0.2) is 9.38 Å². The van der Waals surface area contributed by atoms with Crippen molar-refractivity contribution in [2.24, 2.45) is 4.99 Å². The van der Waals surface area contributed by atoms with Gasteiger partial charge < -0.3 is 9.62 Å². The van der Waals surface area contributed by atoms with E-state index in [-0.39, 0.29) is 11.3 Å². The van der Waals surface area contributed by atoms with Crippen molar-refractivity contribution in [2.45, 2.75) is 50.6 Å². The molecule has 0 amide bonds. The number of aliphatic imine (C=N–C) groups is 1. The Bertz CT molecular complexity index is 636. The summed E-state index contributed by atoms with van der Waals surface area (Å²) in [5.41, 5.74) is 1.70. The van der Waals surface area contributed by atoms with Crippen molar-refractivity contribution < 1.29 is 4.39 Å². The second-order valence-corrected chi connectivity index (χ2v) is 8.23. The maximum atomic E-state index is 14.1. The van der Waals surface area contributed by atoms with E-state index < -0.39 is 0 Å². The molecular weight excluding hydrogens is 335 g/mol. The lowest BCUT2D eigenvalue weighted by Crippen LogP contribution is -2.48. The molecule has 1 aromatic rings. The minimum Gasteiger partial charge on any atom is -0.311 e. The SMILES string of the molecule is Cc1ccc(F)c(C2=NC(N3CCC(N4CCCCC4)CC3)SN2)c1. The monoisotopic (exact) mass is 362 g/mol. The van der Waals surface area contributed by atoms with Crippen molar-refractivity contribution in [1.82, 2.24) is 14.5 Å². The third-order valence-corrected chi connectivity index (χ3v) is 6.52. The molecule has 3 heterocycles. The van der Waals surface area contributed by atoms with Crippen LogP contribution in [-0.4, -0.2) is 53.4 Å². The van der Waals surface area contributed by atoms with E-state index in [1.54, 1.807) is 18.0 Å². The molecule has 6 heteroatoms. The summed E-state index contributed by atoms with van der Waals surface area (Å²) in [5, 5.41) is 0. The Balaban J connectivity index is 1.37. The molecular formula is C19H27FN4S. The minimum absolute atomic E-state index is 0.0669. The van der Waals surface area contributed by atoms with Gasteiger partial charge >= 0.3 is 0 Å². The van der Waals surface area contributed by atoms with Crippen LogP contribution in [0.25, 0.3) is 0 Å². The van der Waals surface area contributed by atoms with Crippen LogP contribution in [0.4, 0.5) is 4.39 Å². The molecule has 4 rings (SSSR count). The van der Waals surface area contributed by atoms with E-state index in [0.717, 1.165) is 24.7 Å². The number of nitrogens with zero attached hydrogens (tertiary/aromatic N) is 3. The molecule has 2 saturated heterocycles. The molecule has 1 atom stereocenters. The molecule has 0 aromatic heterocycles. The van der Waals surface area contributed by atoms with Crippen molar-refractivity contribution in [3.05, 3.63) is 35.1 Å². The Morgan fingerprint density at radius 1 is 1.08 bits per heavy atom. The summed E-state index contributed by atoms with van der Waals surface area (Å²) in [4.78, 5) is 9.88. The lowest BCUT2D eigenvalue weighted by atomic mass is 10.0. The van der Waals surface area contributed by atoms with Crippen molar-refractivity contribution in [3.63, 3.8) is 0 Å². The van der Waals surface area contributed by atoms with Crippen LogP contribution in [0.1, 0.15) is 43.2 Å². The zero-order valence-electron chi connectivity index (χ0n) is 14.9. The topological polar surface area (TPSA) is 30.9 Å². The highest BCUT2D eigenvalue weighted by Crippen LogP contribution is 2.28. The number of benzene rings is 1. The molecule has 0 bridgehead atoms. The third-order valence-electron chi connectivity index (χ3n) is 5.60. The molecule has 0 saturated carbocycles. The van der Waals surface area contributed by atoms with Gasteiger partial charge in [-0.1, -0.05) is 18.1 Å². The van der Waals surface area contributed by atoms with Gasteiger partial charge in [0.2, 0.25) is 0 Å². The molecule has 1 unspecified atom stereocenters. The van der Waals surface area contributed by atoms with E-state index >= 15 is 0 Å². The zero-order valence-corrected chi connectivity index (χ0v) is 15.7. The average Bonchev–Trinajstić information content (AvgIpc) is 3.14. The Morgan fingerprint density at radius 3 is 2.60 bits per heavy atom. The number of piperidine rings is 2. The van der Waals surface area contributed by atoms with Gasteiger partial charge in [-0.2, -0.15) is 0 Å². The summed E-state index contributed by atoms with van der Waals surface area (Å²) in [7, 11) is 0. The van der Waals surface area contributed by atoms with Crippen LogP contribution in [-0.2, 0) is 0 Å². The lowest BCUT2D eigenvalue weighted by molar-refractivity contribution is 0.0895. The summed E-state index contributed by atoms with van der Waals surface area (Å²) >= 11 is 1.60. The fourth-order valence-corrected chi connectivity index (χ4v) is 5.03. The first-order chi connectivity index (χ1) is 12.2. The lowest BCUT2D eigenvalue weighted by Gasteiger charge is -2.40. The second-order valence-electron chi connectivity index (χ2n) is 7.37. The molecule has 0 spiro atoms. The Morgan fingerprint density at radius 2 is 1.84 bits per heavy atom. The van der Waals surface area contributed by atoms with Crippen LogP contribution in [0, 0.1) is 12.7 Å². The predicted molar refractivity (Wildman–Crippen MR) is 102 cm³/mol. The number of hydrogen-bond donors (Lipinski definition) is 1. The maximum Gasteiger partial charge on any atom is 0.170 e. The summed E-state index contributed by atoms with van der Waals surface area (Å²) in [6.07, 6.45) is 6.56. The van der Waals surface area contributed by atoms with Crippen LogP contribution in [0.3, 0.4) is 0 Å². The predicted octanol–water partition coefficient (Wildman–Crippen LogP) is 3.37. The number of nitrogens with one attached hydrogen (secondary N) is 1. The van der Waals surface area contributed by atoms with Gasteiger partial charge in [0, 0.05) is 19.1 Å². The Hall–Kier alpha value is -1.11. The van der Waals surface area contributed by atoms with E-state index in [1.165, 1.54) is 51.3 Å². The van der Waals surface area contributed by atoms with Crippen molar-refractivity contribution in [1.29, 1.82) is 0 Å². The minimum atomic E-state index is -0.207. The van der Waals surface area contributed by atoms with Crippen molar-refractivity contribution >= 4 is 17.8 Å². The first-order valence-electron chi connectivity index (χ1n) is 9.45. The molecule has 0 radical (unpaired) electrons. The van der Waals surface area contributed by atoms with E-state index in [9.17, 15) is 4.39 Å². The maximum absolute atomic E-state index is 14.1. The highest BCUT2D eigenvalue weighted by molar-refractivity contribution is 7.98. The molecule has 3 aliphatic rings. The van der Waals surface area contributed by atoms with Crippen LogP contribution in [0.5, 0.6) is 0 Å². The van der Waals surface area contributed by atoms with E-state index in [4.69, 9.17) is 4.99 Å². The average molecular weight is 363 g/mol. The second kappa shape index (κ2) is 7.64. The van der Waals surface area contributed by atoms with E-state index in [0.29, 0.717) is 11.4 Å². The fraction of sp³-hybridized carbons (Fsp3) is 0.632. The quantitative estimate of drug-likeness (QED) is 0.836. The normalized spacial score (nSPS) is 26.5. The molecule has 1 N–H and O–H groups in total. The van der Waals surface area contributed by atoms with Crippen LogP contribution in [0.15, 0.2) is 23.2 Å². The van der Waals surface area contributed by atoms with Gasteiger partial charge in [0.25, 0.3) is 0 Å². The fourth-order valence-electron chi connectivity index (χ4n) is 4.13. The molecule has 2 fully saturated rings. The molecule has 0 aliphatic carbocycles. The van der Waals surface area contributed by atoms with Gasteiger partial charge in [0.1, 0.15) is 11.7 Å². The largest absolute Gasteiger partial charge is 0.311 e. The van der Waals surface area contributed by atoms with Crippen LogP contribution < -0.4 is 4.72 Å². The number of likely N-dealkylation sites (tertiary alicyclic amines) is 2. The first kappa shape index (κ1) is 17.3. The van der Waals surface area contributed by atoms with E-state index in [2.05, 4.69) is 14.5 Å². The highest BCUT2D eigenvalue weighted by atomic mass is 32.2. The Kier molecular flexibility index (Phi) is 5.29. The zero-order chi connectivity index (χ0) is 17.2. The molecule has 4 nitrogen and oxygen atoms in total. The standard InChI is InChI=1S/C19H27FN4S/c1-14-5-6-17(20)16(13-14)18-21-19(25-22-18)24-11-7-15(8-12-24)23-9-3-2-4-10-23/h5-6,13,15,19H,2-4,7-12H2,1H3,(H,21,22). The molecule has 1 aromatic carbocycles. The molecule has 3 aliphatic heterocycles. The van der Waals surface area contributed by atoms with Gasteiger partial charge in [-0.3, -0.25) is 4.90 Å². The number of amidine groups is 1. The first-order valence-corrected chi connectivity index (χ1v) is 10.3. The Labute approximate surface area is 154 Å².